The highest BCUT2D eigenvalue weighted by molar-refractivity contribution is 5.94. The van der Waals surface area contributed by atoms with Gasteiger partial charge in [0.1, 0.15) is 5.75 Å². The summed E-state index contributed by atoms with van der Waals surface area (Å²) in [5.74, 6) is 0.996. The van der Waals surface area contributed by atoms with Gasteiger partial charge in [-0.1, -0.05) is 0 Å². The van der Waals surface area contributed by atoms with E-state index in [4.69, 9.17) is 0 Å². The molecule has 0 aromatic heterocycles. The number of phenolic OH excluding ortho intramolecular Hbond substituents is 1. The van der Waals surface area contributed by atoms with Crippen LogP contribution in [0.5, 0.6) is 5.75 Å². The molecule has 4 nitrogen and oxygen atoms in total. The Hall–Kier alpha value is -1.39. The summed E-state index contributed by atoms with van der Waals surface area (Å²) in [5, 5.41) is 13.2. The molecule has 1 aliphatic heterocycles. The van der Waals surface area contributed by atoms with E-state index in [1.54, 1.807) is 19.1 Å². The summed E-state index contributed by atoms with van der Waals surface area (Å²) in [6, 6.07) is 5.13. The molecule has 1 aliphatic rings. The van der Waals surface area contributed by atoms with Crippen LogP contribution in [0.2, 0.25) is 0 Å². The maximum atomic E-state index is 11.4. The highest BCUT2D eigenvalue weighted by Crippen LogP contribution is 2.24. The second-order valence-electron chi connectivity index (χ2n) is 5.70. The first kappa shape index (κ1) is 15.0. The topological polar surface area (TPSA) is 52.6 Å². The average molecular weight is 276 g/mol. The Morgan fingerprint density at radius 3 is 3.00 bits per heavy atom. The summed E-state index contributed by atoms with van der Waals surface area (Å²) in [5.41, 5.74) is 1.52. The highest BCUT2D eigenvalue weighted by Gasteiger charge is 2.20. The molecule has 1 saturated heterocycles. The minimum Gasteiger partial charge on any atom is -0.508 e. The number of hydrogen-bond donors (Lipinski definition) is 2. The number of carbonyl (C=O) groups is 1. The normalized spacial score (nSPS) is 20.0. The lowest BCUT2D eigenvalue weighted by atomic mass is 9.97. The van der Waals surface area contributed by atoms with E-state index in [0.717, 1.165) is 25.2 Å². The molecule has 1 aromatic carbocycles. The Bertz CT molecular complexity index is 472. The van der Waals surface area contributed by atoms with Gasteiger partial charge in [0, 0.05) is 24.2 Å². The fourth-order valence-electron chi connectivity index (χ4n) is 2.92. The lowest BCUT2D eigenvalue weighted by molar-refractivity contribution is 0.101. The van der Waals surface area contributed by atoms with E-state index in [1.165, 1.54) is 12.8 Å². The number of likely N-dealkylation sites (tertiary alicyclic amines) is 1. The van der Waals surface area contributed by atoms with Crippen molar-refractivity contribution < 1.29 is 9.90 Å². The first-order chi connectivity index (χ1) is 9.60. The van der Waals surface area contributed by atoms with Crippen LogP contribution in [-0.2, 0) is 6.54 Å². The molecule has 1 aromatic rings. The Morgan fingerprint density at radius 2 is 2.30 bits per heavy atom. The number of rotatable bonds is 5. The summed E-state index contributed by atoms with van der Waals surface area (Å²) < 4.78 is 0. The van der Waals surface area contributed by atoms with Crippen LogP contribution < -0.4 is 5.32 Å². The first-order valence-electron chi connectivity index (χ1n) is 7.30. The molecule has 1 heterocycles. The highest BCUT2D eigenvalue weighted by atomic mass is 16.3. The number of phenols is 1. The van der Waals surface area contributed by atoms with Gasteiger partial charge >= 0.3 is 0 Å². The second kappa shape index (κ2) is 6.86. The van der Waals surface area contributed by atoms with Crippen molar-refractivity contribution in [3.05, 3.63) is 29.3 Å². The molecule has 0 amide bonds. The van der Waals surface area contributed by atoms with Crippen molar-refractivity contribution in [1.29, 1.82) is 0 Å². The van der Waals surface area contributed by atoms with Crippen LogP contribution in [0.4, 0.5) is 0 Å². The Labute approximate surface area is 120 Å². The van der Waals surface area contributed by atoms with E-state index in [9.17, 15) is 9.90 Å². The number of carbonyl (C=O) groups excluding carboxylic acids is 1. The fourth-order valence-corrected chi connectivity index (χ4v) is 2.92. The Kier molecular flexibility index (Phi) is 5.15. The van der Waals surface area contributed by atoms with Crippen molar-refractivity contribution in [2.75, 3.05) is 26.7 Å². The van der Waals surface area contributed by atoms with Crippen LogP contribution in [0, 0.1) is 5.92 Å². The third-order valence-electron chi connectivity index (χ3n) is 3.98. The molecular formula is C16H24N2O2. The van der Waals surface area contributed by atoms with Crippen LogP contribution in [-0.4, -0.2) is 42.5 Å². The van der Waals surface area contributed by atoms with Crippen LogP contribution in [0.15, 0.2) is 18.2 Å². The number of ketones is 1. The summed E-state index contributed by atoms with van der Waals surface area (Å²) in [4.78, 5) is 13.8. The van der Waals surface area contributed by atoms with Gasteiger partial charge in [0.25, 0.3) is 0 Å². The standard InChI is InChI=1S/C16H24N2O2/c1-12(19)14-5-6-16(20)15(8-14)11-18-7-3-4-13(10-18)9-17-2/h5-6,8,13,17,20H,3-4,7,9-11H2,1-2H3. The number of Topliss-reactive ketones (excluding diaryl/α,β-unsaturated/α-hetero) is 1. The van der Waals surface area contributed by atoms with Crippen LogP contribution >= 0.6 is 0 Å². The lowest BCUT2D eigenvalue weighted by Gasteiger charge is -2.32. The number of piperidine rings is 1. The quantitative estimate of drug-likeness (QED) is 0.808. The zero-order valence-corrected chi connectivity index (χ0v) is 12.4. The number of hydrogen-bond acceptors (Lipinski definition) is 4. The second-order valence-corrected chi connectivity index (χ2v) is 5.70. The summed E-state index contributed by atoms with van der Waals surface area (Å²) in [7, 11) is 1.99. The molecule has 1 fully saturated rings. The van der Waals surface area contributed by atoms with Gasteiger partial charge < -0.3 is 10.4 Å². The molecule has 1 atom stereocenters. The Morgan fingerprint density at radius 1 is 1.50 bits per heavy atom. The molecule has 0 saturated carbocycles. The van der Waals surface area contributed by atoms with Crippen molar-refractivity contribution in [1.82, 2.24) is 10.2 Å². The van der Waals surface area contributed by atoms with E-state index in [1.807, 2.05) is 13.1 Å². The first-order valence-corrected chi connectivity index (χ1v) is 7.30. The van der Waals surface area contributed by atoms with Gasteiger partial charge in [-0.3, -0.25) is 9.69 Å². The molecule has 2 rings (SSSR count). The van der Waals surface area contributed by atoms with E-state index in [0.29, 0.717) is 18.0 Å². The van der Waals surface area contributed by atoms with E-state index in [-0.39, 0.29) is 11.5 Å². The summed E-state index contributed by atoms with van der Waals surface area (Å²) >= 11 is 0. The predicted molar refractivity (Wildman–Crippen MR) is 80.0 cm³/mol. The van der Waals surface area contributed by atoms with Crippen molar-refractivity contribution in [3.63, 3.8) is 0 Å². The fraction of sp³-hybridized carbons (Fsp3) is 0.562. The van der Waals surface area contributed by atoms with Gasteiger partial charge in [0.2, 0.25) is 0 Å². The number of aromatic hydroxyl groups is 1. The third kappa shape index (κ3) is 3.81. The monoisotopic (exact) mass is 276 g/mol. The molecule has 0 radical (unpaired) electrons. The molecule has 0 spiro atoms. The van der Waals surface area contributed by atoms with Gasteiger partial charge in [-0.2, -0.15) is 0 Å². The van der Waals surface area contributed by atoms with Gasteiger partial charge in [-0.15, -0.1) is 0 Å². The molecule has 20 heavy (non-hydrogen) atoms. The lowest BCUT2D eigenvalue weighted by Crippen LogP contribution is -2.38. The van der Waals surface area contributed by atoms with E-state index >= 15 is 0 Å². The number of nitrogens with one attached hydrogen (secondary N) is 1. The van der Waals surface area contributed by atoms with Crippen molar-refractivity contribution in [2.24, 2.45) is 5.92 Å². The van der Waals surface area contributed by atoms with Crippen molar-refractivity contribution in [2.45, 2.75) is 26.3 Å². The number of benzene rings is 1. The minimum absolute atomic E-state index is 0.0398. The van der Waals surface area contributed by atoms with E-state index < -0.39 is 0 Å². The van der Waals surface area contributed by atoms with Crippen molar-refractivity contribution >= 4 is 5.78 Å². The molecule has 0 aliphatic carbocycles. The molecular weight excluding hydrogens is 252 g/mol. The minimum atomic E-state index is 0.0398. The van der Waals surface area contributed by atoms with E-state index in [2.05, 4.69) is 10.2 Å². The SMILES string of the molecule is CNCC1CCCN(Cc2cc(C(C)=O)ccc2O)C1. The molecule has 0 bridgehead atoms. The predicted octanol–water partition coefficient (Wildman–Crippen LogP) is 2.03. The Balaban J connectivity index is 2.05. The smallest absolute Gasteiger partial charge is 0.159 e. The van der Waals surface area contributed by atoms with Crippen LogP contribution in [0.1, 0.15) is 35.7 Å². The van der Waals surface area contributed by atoms with Gasteiger partial charge in [0.15, 0.2) is 5.78 Å². The van der Waals surface area contributed by atoms with Crippen LogP contribution in [0.25, 0.3) is 0 Å². The zero-order valence-electron chi connectivity index (χ0n) is 12.4. The molecule has 2 N–H and O–H groups in total. The largest absolute Gasteiger partial charge is 0.508 e. The zero-order chi connectivity index (χ0) is 14.5. The molecule has 4 heteroatoms. The maximum absolute atomic E-state index is 11.4. The summed E-state index contributed by atoms with van der Waals surface area (Å²) in [6.07, 6.45) is 2.45. The van der Waals surface area contributed by atoms with Crippen LogP contribution in [0.3, 0.4) is 0 Å². The molecule has 1 unspecified atom stereocenters. The van der Waals surface area contributed by atoms with Gasteiger partial charge in [0.05, 0.1) is 0 Å². The summed E-state index contributed by atoms with van der Waals surface area (Å²) in [6.45, 7) is 5.41. The maximum Gasteiger partial charge on any atom is 0.159 e. The van der Waals surface area contributed by atoms with Crippen molar-refractivity contribution in [3.8, 4) is 5.75 Å². The third-order valence-corrected chi connectivity index (χ3v) is 3.98. The van der Waals surface area contributed by atoms with Gasteiger partial charge in [-0.25, -0.2) is 0 Å². The average Bonchev–Trinajstić information content (AvgIpc) is 2.42. The van der Waals surface area contributed by atoms with Gasteiger partial charge in [-0.05, 0) is 64.0 Å². The number of nitrogens with zero attached hydrogens (tertiary/aromatic N) is 1. The molecule has 110 valence electrons.